The molecule has 0 aromatic carbocycles. The van der Waals surface area contributed by atoms with Gasteiger partial charge in [-0.1, -0.05) is 0 Å². The quantitative estimate of drug-likeness (QED) is 0.873. The van der Waals surface area contributed by atoms with Crippen LogP contribution in [0, 0.1) is 0 Å². The molecule has 1 aliphatic carbocycles. The molecule has 0 spiro atoms. The van der Waals surface area contributed by atoms with E-state index in [1.807, 2.05) is 22.9 Å². The van der Waals surface area contributed by atoms with Crippen molar-refractivity contribution >= 4 is 5.69 Å². The number of anilines is 1. The molecule has 17 heavy (non-hydrogen) atoms. The first-order valence-corrected chi connectivity index (χ1v) is 6.18. The number of nitrogens with zero attached hydrogens (tertiary/aromatic N) is 1. The normalized spacial score (nSPS) is 24.6. The van der Waals surface area contributed by atoms with E-state index in [9.17, 15) is 4.79 Å². The van der Waals surface area contributed by atoms with Gasteiger partial charge in [0.2, 0.25) is 0 Å². The van der Waals surface area contributed by atoms with Gasteiger partial charge in [-0.3, -0.25) is 4.79 Å². The number of aromatic nitrogens is 1. The minimum absolute atomic E-state index is 0.0664. The Morgan fingerprint density at radius 1 is 1.47 bits per heavy atom. The van der Waals surface area contributed by atoms with Crippen molar-refractivity contribution in [3.8, 4) is 0 Å². The van der Waals surface area contributed by atoms with Crippen LogP contribution in [0.15, 0.2) is 23.1 Å². The number of hydrogen-bond donors (Lipinski definition) is 1. The van der Waals surface area contributed by atoms with E-state index in [1.54, 1.807) is 14.2 Å². The molecule has 1 N–H and O–H groups in total. The fraction of sp³-hybridized carbons (Fsp3) is 0.615. The topological polar surface area (TPSA) is 43.3 Å². The summed E-state index contributed by atoms with van der Waals surface area (Å²) in [6.07, 6.45) is 6.40. The molecule has 4 heteroatoms. The molecule has 1 fully saturated rings. The van der Waals surface area contributed by atoms with Crippen molar-refractivity contribution in [3.63, 3.8) is 0 Å². The predicted molar refractivity (Wildman–Crippen MR) is 68.6 cm³/mol. The van der Waals surface area contributed by atoms with E-state index in [4.69, 9.17) is 4.74 Å². The van der Waals surface area contributed by atoms with Gasteiger partial charge >= 0.3 is 0 Å². The standard InChI is InChI=1S/C13H20N2O2/c1-14-12-7-4-8-15(13(12)16)10-5-3-6-11(9-10)17-2/h4,7-8,10-11,14H,3,5-6,9H2,1-2H3/t10-,11+/m0/s1. The van der Waals surface area contributed by atoms with Crippen LogP contribution in [-0.2, 0) is 4.74 Å². The summed E-state index contributed by atoms with van der Waals surface area (Å²) in [7, 11) is 3.53. The molecule has 4 nitrogen and oxygen atoms in total. The summed E-state index contributed by atoms with van der Waals surface area (Å²) in [5.74, 6) is 0. The zero-order valence-electron chi connectivity index (χ0n) is 10.5. The van der Waals surface area contributed by atoms with Crippen LogP contribution in [0.2, 0.25) is 0 Å². The highest BCUT2D eigenvalue weighted by atomic mass is 16.5. The molecular weight excluding hydrogens is 216 g/mol. The van der Waals surface area contributed by atoms with Crippen LogP contribution in [0.1, 0.15) is 31.7 Å². The molecule has 0 bridgehead atoms. The predicted octanol–water partition coefficient (Wildman–Crippen LogP) is 2.02. The fourth-order valence-electron chi connectivity index (χ4n) is 2.57. The highest BCUT2D eigenvalue weighted by molar-refractivity contribution is 5.39. The smallest absolute Gasteiger partial charge is 0.274 e. The summed E-state index contributed by atoms with van der Waals surface area (Å²) in [5, 5.41) is 2.94. The summed E-state index contributed by atoms with van der Waals surface area (Å²) in [4.78, 5) is 12.2. The van der Waals surface area contributed by atoms with Gasteiger partial charge < -0.3 is 14.6 Å². The summed E-state index contributed by atoms with van der Waals surface area (Å²) in [5.41, 5.74) is 0.726. The second-order valence-corrected chi connectivity index (χ2v) is 4.56. The molecule has 0 amide bonds. The van der Waals surface area contributed by atoms with Gasteiger partial charge in [-0.2, -0.15) is 0 Å². The zero-order valence-corrected chi connectivity index (χ0v) is 10.5. The van der Waals surface area contributed by atoms with Gasteiger partial charge in [0, 0.05) is 26.4 Å². The number of methoxy groups -OCH3 is 1. The van der Waals surface area contributed by atoms with Crippen LogP contribution in [0.5, 0.6) is 0 Å². The molecule has 1 aromatic heterocycles. The molecule has 94 valence electrons. The van der Waals surface area contributed by atoms with Crippen LogP contribution in [-0.4, -0.2) is 24.8 Å². The first-order chi connectivity index (χ1) is 8.26. The molecule has 2 rings (SSSR count). The first-order valence-electron chi connectivity index (χ1n) is 6.18. The van der Waals surface area contributed by atoms with Gasteiger partial charge in [-0.15, -0.1) is 0 Å². The summed E-state index contributed by atoms with van der Waals surface area (Å²) >= 11 is 0. The largest absolute Gasteiger partial charge is 0.384 e. The summed E-state index contributed by atoms with van der Waals surface area (Å²) in [6, 6.07) is 4.01. The molecule has 0 saturated heterocycles. The Labute approximate surface area is 102 Å². The monoisotopic (exact) mass is 236 g/mol. The third-order valence-electron chi connectivity index (χ3n) is 3.57. The molecule has 1 aromatic rings. The summed E-state index contributed by atoms with van der Waals surface area (Å²) in [6.45, 7) is 0. The second-order valence-electron chi connectivity index (χ2n) is 4.56. The van der Waals surface area contributed by atoms with Gasteiger partial charge in [0.25, 0.3) is 5.56 Å². The Morgan fingerprint density at radius 3 is 3.00 bits per heavy atom. The Morgan fingerprint density at radius 2 is 2.29 bits per heavy atom. The lowest BCUT2D eigenvalue weighted by Gasteiger charge is -2.29. The van der Waals surface area contributed by atoms with Crippen LogP contribution >= 0.6 is 0 Å². The van der Waals surface area contributed by atoms with E-state index in [0.717, 1.165) is 25.7 Å². The molecule has 1 heterocycles. The third kappa shape index (κ3) is 2.52. The Balaban J connectivity index is 2.24. The number of pyridine rings is 1. The molecule has 0 radical (unpaired) electrons. The number of rotatable bonds is 3. The minimum Gasteiger partial charge on any atom is -0.384 e. The molecule has 1 saturated carbocycles. The second kappa shape index (κ2) is 5.36. The Hall–Kier alpha value is -1.29. The van der Waals surface area contributed by atoms with E-state index in [2.05, 4.69) is 5.32 Å². The van der Waals surface area contributed by atoms with Crippen molar-refractivity contribution in [3.05, 3.63) is 28.7 Å². The van der Waals surface area contributed by atoms with Gasteiger partial charge in [0.1, 0.15) is 5.69 Å². The minimum atomic E-state index is 0.0664. The fourth-order valence-corrected chi connectivity index (χ4v) is 2.57. The zero-order chi connectivity index (χ0) is 12.3. The highest BCUT2D eigenvalue weighted by Gasteiger charge is 2.23. The van der Waals surface area contributed by atoms with Gasteiger partial charge in [0.05, 0.1) is 6.10 Å². The van der Waals surface area contributed by atoms with E-state index in [1.165, 1.54) is 0 Å². The number of hydrogen-bond acceptors (Lipinski definition) is 3. The SMILES string of the molecule is CNc1cccn([C@H]2CCC[C@@H](OC)C2)c1=O. The lowest BCUT2D eigenvalue weighted by Crippen LogP contribution is -2.31. The highest BCUT2D eigenvalue weighted by Crippen LogP contribution is 2.29. The van der Waals surface area contributed by atoms with E-state index in [-0.39, 0.29) is 11.6 Å². The molecule has 0 aliphatic heterocycles. The molecule has 2 atom stereocenters. The van der Waals surface area contributed by atoms with Crippen molar-refractivity contribution in [2.75, 3.05) is 19.5 Å². The number of nitrogens with one attached hydrogen (secondary N) is 1. The first kappa shape index (κ1) is 12.2. The molecule has 0 unspecified atom stereocenters. The number of ether oxygens (including phenoxy) is 1. The lowest BCUT2D eigenvalue weighted by atomic mass is 9.92. The summed E-state index contributed by atoms with van der Waals surface area (Å²) < 4.78 is 7.25. The van der Waals surface area contributed by atoms with Crippen molar-refractivity contribution in [1.29, 1.82) is 0 Å². The van der Waals surface area contributed by atoms with Crippen LogP contribution in [0.4, 0.5) is 5.69 Å². The Kier molecular flexibility index (Phi) is 3.84. The van der Waals surface area contributed by atoms with Gasteiger partial charge in [-0.05, 0) is 37.8 Å². The van der Waals surface area contributed by atoms with E-state index >= 15 is 0 Å². The third-order valence-corrected chi connectivity index (χ3v) is 3.57. The van der Waals surface area contributed by atoms with Crippen LogP contribution in [0.25, 0.3) is 0 Å². The average Bonchev–Trinajstić information content (AvgIpc) is 2.39. The van der Waals surface area contributed by atoms with E-state index in [0.29, 0.717) is 11.8 Å². The van der Waals surface area contributed by atoms with Gasteiger partial charge in [0.15, 0.2) is 0 Å². The average molecular weight is 236 g/mol. The van der Waals surface area contributed by atoms with Crippen LogP contribution < -0.4 is 10.9 Å². The molecular formula is C13H20N2O2. The lowest BCUT2D eigenvalue weighted by molar-refractivity contribution is 0.0525. The van der Waals surface area contributed by atoms with Crippen molar-refractivity contribution in [2.45, 2.75) is 37.8 Å². The Bertz CT molecular complexity index is 428. The van der Waals surface area contributed by atoms with E-state index < -0.39 is 0 Å². The maximum absolute atomic E-state index is 12.2. The maximum Gasteiger partial charge on any atom is 0.274 e. The maximum atomic E-state index is 12.2. The van der Waals surface area contributed by atoms with Crippen molar-refractivity contribution in [2.24, 2.45) is 0 Å². The van der Waals surface area contributed by atoms with Crippen molar-refractivity contribution < 1.29 is 4.74 Å². The molecule has 1 aliphatic rings. The van der Waals surface area contributed by atoms with Gasteiger partial charge in [-0.25, -0.2) is 0 Å². The van der Waals surface area contributed by atoms with Crippen molar-refractivity contribution in [1.82, 2.24) is 4.57 Å². The van der Waals surface area contributed by atoms with Crippen LogP contribution in [0.3, 0.4) is 0 Å².